The van der Waals surface area contributed by atoms with E-state index in [4.69, 9.17) is 33.4 Å². The Morgan fingerprint density at radius 3 is 2.09 bits per heavy atom. The third kappa shape index (κ3) is 11.5. The van der Waals surface area contributed by atoms with Gasteiger partial charge in [-0.15, -0.1) is 0 Å². The van der Waals surface area contributed by atoms with Crippen molar-refractivity contribution >= 4 is 58.1 Å². The Morgan fingerprint density at radius 2 is 1.56 bits per heavy atom. The van der Waals surface area contributed by atoms with Gasteiger partial charge in [-0.2, -0.15) is 0 Å². The van der Waals surface area contributed by atoms with Gasteiger partial charge in [0.15, 0.2) is 6.10 Å². The number of allylic oxidation sites excluding steroid dienone is 2. The number of carboxylic acid groups (broad SMARTS) is 1. The highest BCUT2D eigenvalue weighted by atomic mass is 35.5. The molecule has 1 unspecified atom stereocenters. The second kappa shape index (κ2) is 17.6. The zero-order chi connectivity index (χ0) is 32.9. The highest BCUT2D eigenvalue weighted by molar-refractivity contribution is 6.35. The molecule has 0 heterocycles. The number of aliphatic hydroxyl groups excluding tert-OH is 2. The number of hydrogen-bond acceptors (Lipinski definition) is 5. The highest BCUT2D eigenvalue weighted by Crippen LogP contribution is 2.29. The van der Waals surface area contributed by atoms with E-state index >= 15 is 0 Å². The number of nitrogens with one attached hydrogen (secondary N) is 2. The van der Waals surface area contributed by atoms with Crippen LogP contribution in [0.3, 0.4) is 0 Å². The van der Waals surface area contributed by atoms with Crippen LogP contribution in [0.25, 0.3) is 5.57 Å². The summed E-state index contributed by atoms with van der Waals surface area (Å²) in [7, 11) is 0. The lowest BCUT2D eigenvalue weighted by Gasteiger charge is -2.24. The number of benzene rings is 3. The zero-order valence-corrected chi connectivity index (χ0v) is 26.8. The van der Waals surface area contributed by atoms with Gasteiger partial charge < -0.3 is 26.0 Å². The number of anilines is 2. The minimum atomic E-state index is -1.69. The zero-order valence-electron chi connectivity index (χ0n) is 25.3. The van der Waals surface area contributed by atoms with Crippen molar-refractivity contribution < 1.29 is 29.7 Å². The summed E-state index contributed by atoms with van der Waals surface area (Å²) in [4.78, 5) is 38.2. The number of aliphatic carboxylic acids is 1. The molecule has 3 aromatic carbocycles. The van der Waals surface area contributed by atoms with E-state index in [9.17, 15) is 19.5 Å². The molecule has 0 spiro atoms. The fourth-order valence-electron chi connectivity index (χ4n) is 4.38. The van der Waals surface area contributed by atoms with Crippen molar-refractivity contribution in [3.63, 3.8) is 0 Å². The Balaban J connectivity index is 0.00000102. The monoisotopic (exact) mass is 655 g/mol. The molecule has 0 saturated heterocycles. The van der Waals surface area contributed by atoms with Gasteiger partial charge in [0, 0.05) is 27.0 Å². The molecule has 1 aliphatic rings. The summed E-state index contributed by atoms with van der Waals surface area (Å²) < 4.78 is 0. The summed E-state index contributed by atoms with van der Waals surface area (Å²) in [5.74, 6) is -1.94. The van der Waals surface area contributed by atoms with Crippen molar-refractivity contribution in [3.05, 3.63) is 99.5 Å². The Morgan fingerprint density at radius 1 is 0.933 bits per heavy atom. The van der Waals surface area contributed by atoms with Gasteiger partial charge in [-0.1, -0.05) is 60.5 Å². The summed E-state index contributed by atoms with van der Waals surface area (Å²) in [5.41, 5.74) is 4.61. The van der Waals surface area contributed by atoms with Gasteiger partial charge in [-0.25, -0.2) is 9.59 Å². The van der Waals surface area contributed by atoms with Crippen LogP contribution >= 0.6 is 23.2 Å². The van der Waals surface area contributed by atoms with Gasteiger partial charge in [-0.05, 0) is 98.2 Å². The smallest absolute Gasteiger partial charge is 0.334 e. The molecular weight excluding hydrogens is 617 g/mol. The molecule has 4 rings (SSSR count). The number of amides is 3. The predicted octanol–water partition coefficient (Wildman–Crippen LogP) is 7.14. The molecule has 0 aliphatic heterocycles. The van der Waals surface area contributed by atoms with Crippen LogP contribution in [0.2, 0.25) is 10.0 Å². The molecule has 0 radical (unpaired) electrons. The number of rotatable bonds is 10. The van der Waals surface area contributed by atoms with E-state index < -0.39 is 30.6 Å². The van der Waals surface area contributed by atoms with Crippen LogP contribution in [0, 0.1) is 0 Å². The first-order chi connectivity index (χ1) is 21.5. The van der Waals surface area contributed by atoms with Crippen LogP contribution in [-0.4, -0.2) is 52.0 Å². The van der Waals surface area contributed by atoms with Gasteiger partial charge >= 0.3 is 12.0 Å². The molecular formula is C34H39Cl2N3O6. The molecule has 11 heteroatoms. The fraction of sp³-hybridized carbons (Fsp3) is 0.324. The third-order valence-corrected chi connectivity index (χ3v) is 7.52. The molecule has 3 amide bonds. The van der Waals surface area contributed by atoms with Crippen molar-refractivity contribution in [3.8, 4) is 0 Å². The standard InChI is InChI=1S/C30H29Cl2N3O5.C4H10O/c31-23-14-24(32)16-25(15-23)34-30(40)35(26-12-10-21(11-13-26)20-4-2-1-3-5-20)18-19-6-8-22(9-7-19)28(37)33-17-27(36)29(38)39;1-3-4(2)5/h4,6-16,27,36H,1-3,5,17-18H2,(H,33,37)(H,34,40)(H,38,39);4-5H,3H2,1-2H3/t27-;/m1./s1. The molecule has 0 fully saturated rings. The van der Waals surface area contributed by atoms with Crippen molar-refractivity contribution in [2.75, 3.05) is 16.8 Å². The maximum atomic E-state index is 13.5. The number of carbonyl (C=O) groups is 3. The molecule has 45 heavy (non-hydrogen) atoms. The van der Waals surface area contributed by atoms with Gasteiger partial charge in [-0.3, -0.25) is 9.69 Å². The molecule has 0 saturated carbocycles. The summed E-state index contributed by atoms with van der Waals surface area (Å²) >= 11 is 12.2. The van der Waals surface area contributed by atoms with E-state index in [1.165, 1.54) is 18.4 Å². The SMILES string of the molecule is CCC(C)O.O=C(NC[C@@H](O)C(=O)O)c1ccc(CN(C(=O)Nc2cc(Cl)cc(Cl)c2)c2ccc(C3=CCCCC3)cc2)cc1. The number of aliphatic hydroxyl groups is 2. The van der Waals surface area contributed by atoms with Crippen molar-refractivity contribution in [1.29, 1.82) is 0 Å². The molecule has 0 bridgehead atoms. The van der Waals surface area contributed by atoms with Gasteiger partial charge in [0.05, 0.1) is 19.2 Å². The largest absolute Gasteiger partial charge is 0.479 e. The van der Waals surface area contributed by atoms with Crippen LogP contribution in [-0.2, 0) is 11.3 Å². The third-order valence-electron chi connectivity index (χ3n) is 7.09. The summed E-state index contributed by atoms with van der Waals surface area (Å²) in [6.07, 6.45) is 5.80. The van der Waals surface area contributed by atoms with Crippen molar-refractivity contribution in [2.24, 2.45) is 0 Å². The number of halogens is 2. The molecule has 2 atom stereocenters. The quantitative estimate of drug-likeness (QED) is 0.157. The minimum absolute atomic E-state index is 0.116. The Bertz CT molecular complexity index is 1460. The lowest BCUT2D eigenvalue weighted by Crippen LogP contribution is -2.36. The van der Waals surface area contributed by atoms with Crippen LogP contribution < -0.4 is 15.5 Å². The van der Waals surface area contributed by atoms with E-state index in [2.05, 4.69) is 16.7 Å². The summed E-state index contributed by atoms with van der Waals surface area (Å²) in [6.45, 7) is 3.51. The van der Waals surface area contributed by atoms with Crippen LogP contribution in [0.1, 0.15) is 67.4 Å². The van der Waals surface area contributed by atoms with Gasteiger partial charge in [0.25, 0.3) is 5.91 Å². The van der Waals surface area contributed by atoms with Crippen LogP contribution in [0.5, 0.6) is 0 Å². The number of carboxylic acids is 1. The second-order valence-corrected chi connectivity index (χ2v) is 11.6. The molecule has 1 aliphatic carbocycles. The average Bonchev–Trinajstić information content (AvgIpc) is 3.02. The first kappa shape index (κ1) is 35.6. The highest BCUT2D eigenvalue weighted by Gasteiger charge is 2.19. The number of hydrogen-bond donors (Lipinski definition) is 5. The fourth-order valence-corrected chi connectivity index (χ4v) is 4.90. The lowest BCUT2D eigenvalue weighted by molar-refractivity contribution is -0.146. The predicted molar refractivity (Wildman–Crippen MR) is 179 cm³/mol. The lowest BCUT2D eigenvalue weighted by atomic mass is 9.93. The maximum absolute atomic E-state index is 13.5. The van der Waals surface area contributed by atoms with Gasteiger partial charge in [0.1, 0.15) is 0 Å². The Kier molecular flexibility index (Phi) is 13.9. The summed E-state index contributed by atoms with van der Waals surface area (Å²) in [5, 5.41) is 32.5. The van der Waals surface area contributed by atoms with E-state index in [0.717, 1.165) is 30.4 Å². The molecule has 240 valence electrons. The van der Waals surface area contributed by atoms with Crippen LogP contribution in [0.15, 0.2) is 72.8 Å². The normalized spacial score (nSPS) is 13.8. The Labute approximate surface area is 273 Å². The Hall–Kier alpha value is -3.89. The first-order valence-corrected chi connectivity index (χ1v) is 15.5. The summed E-state index contributed by atoms with van der Waals surface area (Å²) in [6, 6.07) is 18.8. The van der Waals surface area contributed by atoms with Crippen molar-refractivity contribution in [2.45, 2.75) is 64.7 Å². The second-order valence-electron chi connectivity index (χ2n) is 10.7. The molecule has 3 aromatic rings. The number of carbonyl (C=O) groups excluding carboxylic acids is 2. The van der Waals surface area contributed by atoms with Gasteiger partial charge in [0.2, 0.25) is 0 Å². The van der Waals surface area contributed by atoms with E-state index in [1.54, 1.807) is 54.3 Å². The number of nitrogens with zero attached hydrogens (tertiary/aromatic N) is 1. The molecule has 0 aromatic heterocycles. The molecule has 9 nitrogen and oxygen atoms in total. The first-order valence-electron chi connectivity index (χ1n) is 14.8. The van der Waals surface area contributed by atoms with E-state index in [-0.39, 0.29) is 18.2 Å². The van der Waals surface area contributed by atoms with E-state index in [1.807, 2.05) is 31.2 Å². The average molecular weight is 657 g/mol. The van der Waals surface area contributed by atoms with Crippen LogP contribution in [0.4, 0.5) is 16.2 Å². The topological polar surface area (TPSA) is 139 Å². The van der Waals surface area contributed by atoms with Crippen molar-refractivity contribution in [1.82, 2.24) is 5.32 Å². The minimum Gasteiger partial charge on any atom is -0.479 e. The maximum Gasteiger partial charge on any atom is 0.334 e. The molecule has 5 N–H and O–H groups in total. The van der Waals surface area contributed by atoms with E-state index in [0.29, 0.717) is 21.4 Å². The number of urea groups is 1.